The molecule has 2 saturated heterocycles. The van der Waals surface area contributed by atoms with Crippen LogP contribution in [-0.4, -0.2) is 32.2 Å². The first-order chi connectivity index (χ1) is 10.8. The summed E-state index contributed by atoms with van der Waals surface area (Å²) in [5.41, 5.74) is 0. The van der Waals surface area contributed by atoms with E-state index in [9.17, 15) is 4.79 Å². The SMILES string of the molecule is O=C(c1ccc(C2OCCO2)o1)c1ccc(C2OCCO2)o1. The highest BCUT2D eigenvalue weighted by molar-refractivity contribution is 6.05. The lowest BCUT2D eigenvalue weighted by molar-refractivity contribution is -0.0595. The Bertz CT molecular complexity index is 603. The molecule has 2 aromatic rings. The zero-order valence-electron chi connectivity index (χ0n) is 11.7. The van der Waals surface area contributed by atoms with Gasteiger partial charge in [-0.3, -0.25) is 4.79 Å². The van der Waals surface area contributed by atoms with E-state index in [1.807, 2.05) is 0 Å². The van der Waals surface area contributed by atoms with Crippen molar-refractivity contribution in [3.05, 3.63) is 47.3 Å². The van der Waals surface area contributed by atoms with Gasteiger partial charge in [0.15, 0.2) is 23.0 Å². The van der Waals surface area contributed by atoms with Gasteiger partial charge in [-0.15, -0.1) is 0 Å². The van der Waals surface area contributed by atoms with Gasteiger partial charge in [0, 0.05) is 0 Å². The van der Waals surface area contributed by atoms with Crippen LogP contribution in [0.4, 0.5) is 0 Å². The van der Waals surface area contributed by atoms with E-state index in [1.54, 1.807) is 24.3 Å². The van der Waals surface area contributed by atoms with E-state index < -0.39 is 12.6 Å². The molecule has 0 radical (unpaired) electrons. The molecule has 0 aliphatic carbocycles. The van der Waals surface area contributed by atoms with E-state index in [-0.39, 0.29) is 17.3 Å². The highest BCUT2D eigenvalue weighted by Crippen LogP contribution is 2.28. The Balaban J connectivity index is 1.51. The van der Waals surface area contributed by atoms with Crippen LogP contribution < -0.4 is 0 Å². The first kappa shape index (κ1) is 13.7. The van der Waals surface area contributed by atoms with Crippen LogP contribution in [0.5, 0.6) is 0 Å². The summed E-state index contributed by atoms with van der Waals surface area (Å²) in [7, 11) is 0. The van der Waals surface area contributed by atoms with E-state index in [2.05, 4.69) is 0 Å². The third kappa shape index (κ3) is 2.48. The van der Waals surface area contributed by atoms with Crippen LogP contribution in [0.1, 0.15) is 40.4 Å². The van der Waals surface area contributed by atoms with Crippen molar-refractivity contribution in [2.75, 3.05) is 26.4 Å². The number of hydrogen-bond acceptors (Lipinski definition) is 7. The lowest BCUT2D eigenvalue weighted by atomic mass is 10.2. The maximum absolute atomic E-state index is 12.4. The van der Waals surface area contributed by atoms with Gasteiger partial charge in [-0.05, 0) is 24.3 Å². The summed E-state index contributed by atoms with van der Waals surface area (Å²) in [5.74, 6) is 0.921. The first-order valence-corrected chi connectivity index (χ1v) is 7.02. The summed E-state index contributed by atoms with van der Waals surface area (Å²) < 4.78 is 32.3. The van der Waals surface area contributed by atoms with Gasteiger partial charge in [-0.1, -0.05) is 0 Å². The van der Waals surface area contributed by atoms with Crippen LogP contribution >= 0.6 is 0 Å². The molecule has 2 aliphatic rings. The van der Waals surface area contributed by atoms with Gasteiger partial charge in [-0.2, -0.15) is 0 Å². The maximum Gasteiger partial charge on any atom is 0.263 e. The average Bonchev–Trinajstić information content (AvgIpc) is 3.35. The Hall–Kier alpha value is -1.93. The maximum atomic E-state index is 12.4. The highest BCUT2D eigenvalue weighted by Gasteiger charge is 2.27. The van der Waals surface area contributed by atoms with E-state index in [0.717, 1.165) is 0 Å². The Kier molecular flexibility index (Phi) is 3.55. The molecule has 22 heavy (non-hydrogen) atoms. The number of ether oxygens (including phenoxy) is 4. The molecule has 7 heteroatoms. The van der Waals surface area contributed by atoms with Crippen molar-refractivity contribution < 1.29 is 32.6 Å². The molecule has 0 amide bonds. The van der Waals surface area contributed by atoms with E-state index >= 15 is 0 Å². The van der Waals surface area contributed by atoms with Gasteiger partial charge in [0.1, 0.15) is 0 Å². The van der Waals surface area contributed by atoms with Crippen molar-refractivity contribution in [2.45, 2.75) is 12.6 Å². The minimum absolute atomic E-state index is 0.170. The molecule has 0 bridgehead atoms. The summed E-state index contributed by atoms with van der Waals surface area (Å²) in [6, 6.07) is 6.48. The van der Waals surface area contributed by atoms with Crippen LogP contribution in [0.15, 0.2) is 33.1 Å². The van der Waals surface area contributed by atoms with Crippen LogP contribution in [0.3, 0.4) is 0 Å². The fourth-order valence-electron chi connectivity index (χ4n) is 2.37. The molecular weight excluding hydrogens is 292 g/mol. The number of furan rings is 2. The zero-order valence-corrected chi connectivity index (χ0v) is 11.7. The fourth-order valence-corrected chi connectivity index (χ4v) is 2.37. The van der Waals surface area contributed by atoms with Crippen LogP contribution in [0.2, 0.25) is 0 Å². The standard InChI is InChI=1S/C15H14O7/c16-13(9-1-3-11(21-9)14-17-5-6-18-14)10-2-4-12(22-10)15-19-7-8-20-15/h1-4,14-15H,5-8H2. The summed E-state index contributed by atoms with van der Waals surface area (Å²) in [6.07, 6.45) is -1.09. The molecule has 2 aromatic heterocycles. The minimum atomic E-state index is -0.547. The van der Waals surface area contributed by atoms with Gasteiger partial charge < -0.3 is 27.8 Å². The summed E-state index contributed by atoms with van der Waals surface area (Å²) in [6.45, 7) is 2.05. The minimum Gasteiger partial charge on any atom is -0.452 e. The second-order valence-electron chi connectivity index (χ2n) is 4.88. The molecule has 4 rings (SSSR count). The summed E-state index contributed by atoms with van der Waals surface area (Å²) in [4.78, 5) is 12.4. The van der Waals surface area contributed by atoms with Gasteiger partial charge >= 0.3 is 0 Å². The number of rotatable bonds is 4. The molecule has 0 N–H and O–H groups in total. The molecule has 0 spiro atoms. The van der Waals surface area contributed by atoms with E-state index in [1.165, 1.54) is 0 Å². The molecule has 0 atom stereocenters. The van der Waals surface area contributed by atoms with E-state index in [4.69, 9.17) is 27.8 Å². The van der Waals surface area contributed by atoms with Crippen molar-refractivity contribution >= 4 is 5.78 Å². The Labute approximate surface area is 125 Å². The van der Waals surface area contributed by atoms with Gasteiger partial charge in [0.2, 0.25) is 12.6 Å². The average molecular weight is 306 g/mol. The molecule has 0 saturated carbocycles. The monoisotopic (exact) mass is 306 g/mol. The van der Waals surface area contributed by atoms with Crippen molar-refractivity contribution in [1.29, 1.82) is 0 Å². The number of carbonyl (C=O) groups is 1. The van der Waals surface area contributed by atoms with Crippen molar-refractivity contribution in [2.24, 2.45) is 0 Å². The molecule has 2 fully saturated rings. The fraction of sp³-hybridized carbons (Fsp3) is 0.400. The van der Waals surface area contributed by atoms with Crippen molar-refractivity contribution in [1.82, 2.24) is 0 Å². The molecule has 116 valence electrons. The van der Waals surface area contributed by atoms with E-state index in [0.29, 0.717) is 37.9 Å². The predicted molar refractivity (Wildman–Crippen MR) is 70.1 cm³/mol. The molecule has 0 unspecified atom stereocenters. The smallest absolute Gasteiger partial charge is 0.263 e. The Morgan fingerprint density at radius 1 is 0.727 bits per heavy atom. The quantitative estimate of drug-likeness (QED) is 0.801. The third-order valence-corrected chi connectivity index (χ3v) is 3.41. The molecule has 4 heterocycles. The largest absolute Gasteiger partial charge is 0.452 e. The molecular formula is C15H14O7. The van der Waals surface area contributed by atoms with Crippen molar-refractivity contribution in [3.8, 4) is 0 Å². The second kappa shape index (κ2) is 5.69. The number of carbonyl (C=O) groups excluding carboxylic acids is 1. The number of ketones is 1. The zero-order chi connectivity index (χ0) is 14.9. The predicted octanol–water partition coefficient (Wildman–Crippen LogP) is 2.19. The van der Waals surface area contributed by atoms with Crippen LogP contribution in [0, 0.1) is 0 Å². The van der Waals surface area contributed by atoms with Gasteiger partial charge in [0.25, 0.3) is 5.78 Å². The number of hydrogen-bond donors (Lipinski definition) is 0. The first-order valence-electron chi connectivity index (χ1n) is 7.02. The normalized spacial score (nSPS) is 20.0. The topological polar surface area (TPSA) is 80.3 Å². The van der Waals surface area contributed by atoms with Crippen LogP contribution in [0.25, 0.3) is 0 Å². The molecule has 7 nitrogen and oxygen atoms in total. The second-order valence-corrected chi connectivity index (χ2v) is 4.88. The summed E-state index contributed by atoms with van der Waals surface area (Å²) >= 11 is 0. The molecule has 0 aromatic carbocycles. The van der Waals surface area contributed by atoms with Crippen LogP contribution in [-0.2, 0) is 18.9 Å². The van der Waals surface area contributed by atoms with Gasteiger partial charge in [-0.25, -0.2) is 0 Å². The van der Waals surface area contributed by atoms with Crippen molar-refractivity contribution in [3.63, 3.8) is 0 Å². The lowest BCUT2D eigenvalue weighted by Gasteiger charge is -2.04. The Morgan fingerprint density at radius 2 is 1.14 bits per heavy atom. The third-order valence-electron chi connectivity index (χ3n) is 3.41. The van der Waals surface area contributed by atoms with Gasteiger partial charge in [0.05, 0.1) is 26.4 Å². The summed E-state index contributed by atoms with van der Waals surface area (Å²) in [5, 5.41) is 0. The highest BCUT2D eigenvalue weighted by atomic mass is 16.7. The molecule has 2 aliphatic heterocycles. The Morgan fingerprint density at radius 3 is 1.55 bits per heavy atom. The lowest BCUT2D eigenvalue weighted by Crippen LogP contribution is -1.99.